The molecule has 1 aromatic carbocycles. The number of nitrogens with zero attached hydrogens (tertiary/aromatic N) is 1. The van der Waals surface area contributed by atoms with Gasteiger partial charge in [0.1, 0.15) is 5.82 Å². The van der Waals surface area contributed by atoms with Crippen molar-refractivity contribution in [3.63, 3.8) is 0 Å². The molecule has 5 heteroatoms. The standard InChI is InChI=1S/C14H17FN2O.ClH/c1-10(18)17-7-5-14(6-8-17)9-16-13-11(14)3-2-4-12(13)15;/h2-4,16H,5-9H2,1H3;1H. The fourth-order valence-corrected chi connectivity index (χ4v) is 3.19. The lowest BCUT2D eigenvalue weighted by Gasteiger charge is -2.39. The van der Waals surface area contributed by atoms with Gasteiger partial charge in [-0.1, -0.05) is 12.1 Å². The molecule has 3 rings (SSSR count). The predicted molar refractivity (Wildman–Crippen MR) is 75.3 cm³/mol. The highest BCUT2D eigenvalue weighted by Gasteiger charge is 2.42. The second kappa shape index (κ2) is 5.00. The van der Waals surface area contributed by atoms with E-state index in [2.05, 4.69) is 5.32 Å². The normalized spacial score (nSPS) is 19.6. The number of nitrogens with one attached hydrogen (secondary N) is 1. The average molecular weight is 285 g/mol. The molecule has 0 radical (unpaired) electrons. The maximum absolute atomic E-state index is 13.7. The summed E-state index contributed by atoms with van der Waals surface area (Å²) < 4.78 is 13.7. The molecule has 0 unspecified atom stereocenters. The Hall–Kier alpha value is -1.29. The van der Waals surface area contributed by atoms with Crippen LogP contribution >= 0.6 is 12.4 Å². The summed E-state index contributed by atoms with van der Waals surface area (Å²) >= 11 is 0. The Kier molecular flexibility index (Phi) is 3.72. The van der Waals surface area contributed by atoms with Gasteiger partial charge in [-0.15, -0.1) is 12.4 Å². The lowest BCUT2D eigenvalue weighted by molar-refractivity contribution is -0.130. The zero-order valence-corrected chi connectivity index (χ0v) is 11.7. The molecule has 0 aromatic heterocycles. The Morgan fingerprint density at radius 1 is 1.37 bits per heavy atom. The van der Waals surface area contributed by atoms with Crippen molar-refractivity contribution in [3.8, 4) is 0 Å². The van der Waals surface area contributed by atoms with Crippen molar-refractivity contribution in [1.29, 1.82) is 0 Å². The van der Waals surface area contributed by atoms with Crippen LogP contribution in [0, 0.1) is 5.82 Å². The summed E-state index contributed by atoms with van der Waals surface area (Å²) in [7, 11) is 0. The number of anilines is 1. The van der Waals surface area contributed by atoms with Gasteiger partial charge in [0.05, 0.1) is 5.69 Å². The molecule has 3 nitrogen and oxygen atoms in total. The number of fused-ring (bicyclic) bond motifs is 2. The summed E-state index contributed by atoms with van der Waals surface area (Å²) in [6, 6.07) is 5.29. The van der Waals surface area contributed by atoms with Crippen molar-refractivity contribution in [2.24, 2.45) is 0 Å². The van der Waals surface area contributed by atoms with Crippen molar-refractivity contribution in [2.75, 3.05) is 25.0 Å². The highest BCUT2D eigenvalue weighted by Crippen LogP contribution is 2.44. The molecular weight excluding hydrogens is 267 g/mol. The lowest BCUT2D eigenvalue weighted by atomic mass is 9.74. The molecule has 1 N–H and O–H groups in total. The summed E-state index contributed by atoms with van der Waals surface area (Å²) in [5, 5.41) is 3.19. The Labute approximate surface area is 118 Å². The van der Waals surface area contributed by atoms with Gasteiger partial charge < -0.3 is 10.2 Å². The number of carbonyl (C=O) groups excluding carboxylic acids is 1. The lowest BCUT2D eigenvalue weighted by Crippen LogP contribution is -2.45. The van der Waals surface area contributed by atoms with Crippen LogP contribution in [0.1, 0.15) is 25.3 Å². The molecule has 19 heavy (non-hydrogen) atoms. The molecule has 1 amide bonds. The Morgan fingerprint density at radius 2 is 2.05 bits per heavy atom. The first-order valence-corrected chi connectivity index (χ1v) is 6.41. The van der Waals surface area contributed by atoms with Crippen LogP contribution in [-0.2, 0) is 10.2 Å². The SMILES string of the molecule is CC(=O)N1CCC2(CC1)CNc1c(F)cccc12.Cl. The minimum absolute atomic E-state index is 0. The Morgan fingerprint density at radius 3 is 2.68 bits per heavy atom. The molecule has 2 aliphatic heterocycles. The molecular formula is C14H18ClFN2O. The molecule has 104 valence electrons. The zero-order valence-electron chi connectivity index (χ0n) is 10.9. The molecule has 1 aromatic rings. The van der Waals surface area contributed by atoms with Gasteiger partial charge in [-0.25, -0.2) is 4.39 Å². The van der Waals surface area contributed by atoms with Crippen LogP contribution in [0.25, 0.3) is 0 Å². The predicted octanol–water partition coefficient (Wildman–Crippen LogP) is 2.55. The Balaban J connectivity index is 0.00000133. The van der Waals surface area contributed by atoms with E-state index in [1.807, 2.05) is 11.0 Å². The fraction of sp³-hybridized carbons (Fsp3) is 0.500. The first kappa shape index (κ1) is 14.1. The van der Waals surface area contributed by atoms with Crippen molar-refractivity contribution in [3.05, 3.63) is 29.6 Å². The van der Waals surface area contributed by atoms with E-state index in [1.54, 1.807) is 13.0 Å². The largest absolute Gasteiger partial charge is 0.382 e. The van der Waals surface area contributed by atoms with Gasteiger partial charge in [0, 0.05) is 32.0 Å². The number of piperidine rings is 1. The molecule has 0 saturated carbocycles. The van der Waals surface area contributed by atoms with Crippen LogP contribution < -0.4 is 5.32 Å². The third-order valence-electron chi connectivity index (χ3n) is 4.35. The highest BCUT2D eigenvalue weighted by molar-refractivity contribution is 5.85. The van der Waals surface area contributed by atoms with Gasteiger partial charge in [-0.05, 0) is 24.5 Å². The maximum atomic E-state index is 13.7. The number of benzene rings is 1. The third-order valence-corrected chi connectivity index (χ3v) is 4.35. The van der Waals surface area contributed by atoms with Gasteiger partial charge in [0.25, 0.3) is 0 Å². The van der Waals surface area contributed by atoms with Crippen LogP contribution in [0.2, 0.25) is 0 Å². The van der Waals surface area contributed by atoms with E-state index in [9.17, 15) is 9.18 Å². The molecule has 1 spiro atoms. The second-order valence-electron chi connectivity index (χ2n) is 5.30. The van der Waals surface area contributed by atoms with Gasteiger partial charge >= 0.3 is 0 Å². The van der Waals surface area contributed by atoms with Crippen LogP contribution in [0.3, 0.4) is 0 Å². The van der Waals surface area contributed by atoms with E-state index in [4.69, 9.17) is 0 Å². The van der Waals surface area contributed by atoms with Crippen molar-refractivity contribution in [1.82, 2.24) is 4.90 Å². The van der Waals surface area contributed by atoms with E-state index in [-0.39, 0.29) is 29.5 Å². The summed E-state index contributed by atoms with van der Waals surface area (Å²) in [5.41, 5.74) is 1.77. The molecule has 0 atom stereocenters. The first-order chi connectivity index (χ1) is 8.62. The van der Waals surface area contributed by atoms with E-state index in [0.717, 1.165) is 38.0 Å². The van der Waals surface area contributed by atoms with E-state index in [0.29, 0.717) is 5.69 Å². The molecule has 0 bridgehead atoms. The van der Waals surface area contributed by atoms with Crippen LogP contribution in [0.15, 0.2) is 18.2 Å². The summed E-state index contributed by atoms with van der Waals surface area (Å²) in [5.74, 6) is -0.0337. The van der Waals surface area contributed by atoms with E-state index < -0.39 is 0 Å². The number of carbonyl (C=O) groups is 1. The molecule has 0 aliphatic carbocycles. The van der Waals surface area contributed by atoms with Crippen LogP contribution in [0.5, 0.6) is 0 Å². The number of amides is 1. The van der Waals surface area contributed by atoms with Gasteiger partial charge in [0.2, 0.25) is 5.91 Å². The van der Waals surface area contributed by atoms with Gasteiger partial charge in [-0.2, -0.15) is 0 Å². The minimum atomic E-state index is -0.168. The van der Waals surface area contributed by atoms with Gasteiger partial charge in [0.15, 0.2) is 0 Å². The second-order valence-corrected chi connectivity index (χ2v) is 5.30. The zero-order chi connectivity index (χ0) is 12.8. The molecule has 2 heterocycles. The average Bonchev–Trinajstić information content (AvgIpc) is 2.71. The number of halogens is 2. The van der Waals surface area contributed by atoms with Crippen molar-refractivity contribution in [2.45, 2.75) is 25.2 Å². The Bertz CT molecular complexity index is 498. The minimum Gasteiger partial charge on any atom is -0.382 e. The van der Waals surface area contributed by atoms with E-state index >= 15 is 0 Å². The first-order valence-electron chi connectivity index (χ1n) is 6.41. The fourth-order valence-electron chi connectivity index (χ4n) is 3.19. The highest BCUT2D eigenvalue weighted by atomic mass is 35.5. The monoisotopic (exact) mass is 284 g/mol. The smallest absolute Gasteiger partial charge is 0.219 e. The van der Waals surface area contributed by atoms with E-state index in [1.165, 1.54) is 6.07 Å². The van der Waals surface area contributed by atoms with Crippen LogP contribution in [0.4, 0.5) is 10.1 Å². The third kappa shape index (κ3) is 2.18. The number of para-hydroxylation sites is 1. The van der Waals surface area contributed by atoms with Crippen LogP contribution in [-0.4, -0.2) is 30.4 Å². The molecule has 2 aliphatic rings. The maximum Gasteiger partial charge on any atom is 0.219 e. The summed E-state index contributed by atoms with van der Waals surface area (Å²) in [6.07, 6.45) is 1.83. The number of hydrogen-bond acceptors (Lipinski definition) is 2. The van der Waals surface area contributed by atoms with Crippen molar-refractivity contribution >= 4 is 24.0 Å². The van der Waals surface area contributed by atoms with Crippen molar-refractivity contribution < 1.29 is 9.18 Å². The van der Waals surface area contributed by atoms with Gasteiger partial charge in [-0.3, -0.25) is 4.79 Å². The topological polar surface area (TPSA) is 32.3 Å². The molecule has 1 saturated heterocycles. The summed E-state index contributed by atoms with van der Waals surface area (Å²) in [4.78, 5) is 13.2. The quantitative estimate of drug-likeness (QED) is 0.794. The summed E-state index contributed by atoms with van der Waals surface area (Å²) in [6.45, 7) is 3.94. The number of hydrogen-bond donors (Lipinski definition) is 1. The molecule has 1 fully saturated rings. The number of rotatable bonds is 0. The number of likely N-dealkylation sites (tertiary alicyclic amines) is 1.